The summed E-state index contributed by atoms with van der Waals surface area (Å²) in [7, 11) is 0. The van der Waals surface area contributed by atoms with Gasteiger partial charge in [0.2, 0.25) is 0 Å². The lowest BCUT2D eigenvalue weighted by atomic mass is 10.1. The molecule has 2 unspecified atom stereocenters. The zero-order valence-corrected chi connectivity index (χ0v) is 16.0. The molecule has 0 spiro atoms. The van der Waals surface area contributed by atoms with Crippen LogP contribution < -0.4 is 15.4 Å². The van der Waals surface area contributed by atoms with Gasteiger partial charge in [-0.15, -0.1) is 0 Å². The van der Waals surface area contributed by atoms with Crippen molar-refractivity contribution in [1.82, 2.24) is 15.5 Å². The maximum Gasteiger partial charge on any atom is 0.387 e. The molecule has 0 saturated carbocycles. The number of hydrogen-bond acceptors (Lipinski definition) is 4. The first-order valence-corrected chi connectivity index (χ1v) is 9.49. The summed E-state index contributed by atoms with van der Waals surface area (Å²) in [5.74, 6) is 1.34. The number of nitrogens with zero attached hydrogens (tertiary/aromatic N) is 2. The molecule has 1 aromatic carbocycles. The Labute approximate surface area is 159 Å². The largest absolute Gasteiger partial charge is 0.435 e. The van der Waals surface area contributed by atoms with Gasteiger partial charge in [0.05, 0.1) is 12.6 Å². The van der Waals surface area contributed by atoms with Gasteiger partial charge < -0.3 is 25.4 Å². The fraction of sp³-hybridized carbons (Fsp3) is 0.632. The van der Waals surface area contributed by atoms with Gasteiger partial charge in [0.15, 0.2) is 5.96 Å². The van der Waals surface area contributed by atoms with Crippen molar-refractivity contribution >= 4 is 5.96 Å². The number of ether oxygens (including phenoxy) is 1. The highest BCUT2D eigenvalue weighted by Gasteiger charge is 2.21. The molecule has 0 radical (unpaired) electrons. The molecule has 2 atom stereocenters. The number of aliphatic hydroxyl groups excluding tert-OH is 1. The fourth-order valence-electron chi connectivity index (χ4n) is 3.10. The molecule has 1 saturated heterocycles. The molecule has 1 aliphatic heterocycles. The Morgan fingerprint density at radius 2 is 2.04 bits per heavy atom. The predicted molar refractivity (Wildman–Crippen MR) is 102 cm³/mol. The van der Waals surface area contributed by atoms with Crippen LogP contribution in [0.2, 0.25) is 0 Å². The lowest BCUT2D eigenvalue weighted by Gasteiger charge is -2.17. The number of alkyl halides is 2. The van der Waals surface area contributed by atoms with Gasteiger partial charge in [-0.05, 0) is 50.0 Å². The molecular weight excluding hydrogens is 354 g/mol. The highest BCUT2D eigenvalue weighted by Crippen LogP contribution is 2.19. The molecule has 27 heavy (non-hydrogen) atoms. The lowest BCUT2D eigenvalue weighted by molar-refractivity contribution is -0.0498. The Hall–Kier alpha value is -1.93. The first kappa shape index (κ1) is 21.4. The van der Waals surface area contributed by atoms with E-state index < -0.39 is 12.7 Å². The van der Waals surface area contributed by atoms with Crippen molar-refractivity contribution in [2.24, 2.45) is 10.9 Å². The SMILES string of the molecule is CCNC(=NCC(O)c1ccc(OC(F)F)cc1)NCC1CCN(CC)C1. The zero-order chi connectivity index (χ0) is 19.6. The van der Waals surface area contributed by atoms with Crippen molar-refractivity contribution in [2.75, 3.05) is 39.3 Å². The number of nitrogens with one attached hydrogen (secondary N) is 2. The minimum absolute atomic E-state index is 0.0668. The third-order valence-corrected chi connectivity index (χ3v) is 4.63. The summed E-state index contributed by atoms with van der Waals surface area (Å²) in [6.45, 7) is 6.38. The van der Waals surface area contributed by atoms with Gasteiger partial charge in [-0.2, -0.15) is 8.78 Å². The molecule has 0 bridgehead atoms. The summed E-state index contributed by atoms with van der Waals surface area (Å²) < 4.78 is 28.7. The van der Waals surface area contributed by atoms with Gasteiger partial charge in [0.25, 0.3) is 0 Å². The van der Waals surface area contributed by atoms with E-state index in [9.17, 15) is 13.9 Å². The monoisotopic (exact) mass is 384 g/mol. The van der Waals surface area contributed by atoms with E-state index in [1.807, 2.05) is 6.92 Å². The lowest BCUT2D eigenvalue weighted by Crippen LogP contribution is -2.40. The fourth-order valence-corrected chi connectivity index (χ4v) is 3.10. The minimum Gasteiger partial charge on any atom is -0.435 e. The smallest absolute Gasteiger partial charge is 0.387 e. The number of halogens is 2. The molecule has 1 fully saturated rings. The van der Waals surface area contributed by atoms with Crippen LogP contribution in [0.15, 0.2) is 29.3 Å². The first-order valence-electron chi connectivity index (χ1n) is 9.49. The van der Waals surface area contributed by atoms with E-state index in [2.05, 4.69) is 32.2 Å². The molecule has 0 aromatic heterocycles. The summed E-state index contributed by atoms with van der Waals surface area (Å²) in [6.07, 6.45) is 0.360. The van der Waals surface area contributed by atoms with Crippen molar-refractivity contribution in [1.29, 1.82) is 0 Å². The number of guanidine groups is 1. The number of aliphatic hydroxyl groups is 1. The molecule has 1 aliphatic rings. The van der Waals surface area contributed by atoms with E-state index in [4.69, 9.17) is 0 Å². The van der Waals surface area contributed by atoms with Crippen LogP contribution >= 0.6 is 0 Å². The highest BCUT2D eigenvalue weighted by molar-refractivity contribution is 5.79. The molecule has 2 rings (SSSR count). The van der Waals surface area contributed by atoms with Gasteiger partial charge in [-0.25, -0.2) is 0 Å². The Bertz CT molecular complexity index is 584. The van der Waals surface area contributed by atoms with E-state index in [0.29, 0.717) is 17.4 Å². The van der Waals surface area contributed by atoms with Crippen LogP contribution in [0, 0.1) is 5.92 Å². The Balaban J connectivity index is 1.85. The third-order valence-electron chi connectivity index (χ3n) is 4.63. The summed E-state index contributed by atoms with van der Waals surface area (Å²) in [4.78, 5) is 6.87. The third kappa shape index (κ3) is 7.30. The highest BCUT2D eigenvalue weighted by atomic mass is 19.3. The number of likely N-dealkylation sites (tertiary alicyclic amines) is 1. The van der Waals surface area contributed by atoms with E-state index in [1.165, 1.54) is 18.6 Å². The summed E-state index contributed by atoms with van der Waals surface area (Å²) in [5.41, 5.74) is 0.602. The molecule has 0 amide bonds. The van der Waals surface area contributed by atoms with E-state index in [0.717, 1.165) is 32.7 Å². The van der Waals surface area contributed by atoms with Crippen LogP contribution in [0.25, 0.3) is 0 Å². The normalized spacial score (nSPS) is 19.3. The Morgan fingerprint density at radius 3 is 2.63 bits per heavy atom. The summed E-state index contributed by atoms with van der Waals surface area (Å²) in [5, 5.41) is 16.8. The van der Waals surface area contributed by atoms with Gasteiger partial charge in [-0.1, -0.05) is 19.1 Å². The van der Waals surface area contributed by atoms with E-state index >= 15 is 0 Å². The predicted octanol–water partition coefficient (Wildman–Crippen LogP) is 2.22. The summed E-state index contributed by atoms with van der Waals surface area (Å²) in [6, 6.07) is 5.96. The molecule has 1 heterocycles. The van der Waals surface area contributed by atoms with Crippen LogP contribution in [0.4, 0.5) is 8.78 Å². The van der Waals surface area contributed by atoms with Gasteiger partial charge in [0.1, 0.15) is 5.75 Å². The van der Waals surface area contributed by atoms with Gasteiger partial charge in [0, 0.05) is 19.6 Å². The van der Waals surface area contributed by atoms with Crippen molar-refractivity contribution < 1.29 is 18.6 Å². The molecule has 152 valence electrons. The van der Waals surface area contributed by atoms with Crippen LogP contribution in [-0.4, -0.2) is 61.8 Å². The Morgan fingerprint density at radius 1 is 1.30 bits per heavy atom. The minimum atomic E-state index is -2.86. The number of aliphatic imine (C=N–C) groups is 1. The number of rotatable bonds is 9. The van der Waals surface area contributed by atoms with Crippen molar-refractivity contribution in [3.8, 4) is 5.75 Å². The zero-order valence-electron chi connectivity index (χ0n) is 16.0. The van der Waals surface area contributed by atoms with Crippen molar-refractivity contribution in [3.05, 3.63) is 29.8 Å². The van der Waals surface area contributed by atoms with Crippen molar-refractivity contribution in [3.63, 3.8) is 0 Å². The van der Waals surface area contributed by atoms with Gasteiger partial charge in [-0.3, -0.25) is 4.99 Å². The topological polar surface area (TPSA) is 69.1 Å². The molecule has 6 nitrogen and oxygen atoms in total. The molecule has 0 aliphatic carbocycles. The number of benzene rings is 1. The maximum absolute atomic E-state index is 12.2. The standard InChI is InChI=1S/C19H30F2N4O2/c1-3-22-19(23-11-14-9-10-25(4-2)13-14)24-12-17(26)15-5-7-16(8-6-15)27-18(20)21/h5-8,14,17-18,26H,3-4,9-13H2,1-2H3,(H2,22,23,24). The molecular formula is C19H30F2N4O2. The second kappa shape index (κ2) is 11.0. The maximum atomic E-state index is 12.2. The van der Waals surface area contributed by atoms with Gasteiger partial charge >= 0.3 is 6.61 Å². The summed E-state index contributed by atoms with van der Waals surface area (Å²) >= 11 is 0. The average molecular weight is 384 g/mol. The average Bonchev–Trinajstić information content (AvgIpc) is 3.12. The van der Waals surface area contributed by atoms with Crippen LogP contribution in [0.3, 0.4) is 0 Å². The second-order valence-corrected chi connectivity index (χ2v) is 6.61. The molecule has 3 N–H and O–H groups in total. The molecule has 1 aromatic rings. The Kier molecular flexibility index (Phi) is 8.74. The van der Waals surface area contributed by atoms with Crippen LogP contribution in [0.5, 0.6) is 5.75 Å². The quantitative estimate of drug-likeness (QED) is 0.450. The first-order chi connectivity index (χ1) is 13.0. The van der Waals surface area contributed by atoms with Crippen LogP contribution in [-0.2, 0) is 0 Å². The van der Waals surface area contributed by atoms with Crippen molar-refractivity contribution in [2.45, 2.75) is 33.0 Å². The van der Waals surface area contributed by atoms with E-state index in [-0.39, 0.29) is 12.3 Å². The van der Waals surface area contributed by atoms with Crippen LogP contribution in [0.1, 0.15) is 31.9 Å². The van der Waals surface area contributed by atoms with E-state index in [1.54, 1.807) is 12.1 Å². The number of hydrogen-bond donors (Lipinski definition) is 3. The second-order valence-electron chi connectivity index (χ2n) is 6.61. The molecule has 8 heteroatoms.